The van der Waals surface area contributed by atoms with Crippen LogP contribution < -0.4 is 10.2 Å². The number of nitrogens with one attached hydrogen (secondary N) is 1. The Labute approximate surface area is 107 Å². The second-order valence-corrected chi connectivity index (χ2v) is 4.59. The van der Waals surface area contributed by atoms with Crippen LogP contribution >= 0.6 is 0 Å². The van der Waals surface area contributed by atoms with Crippen molar-refractivity contribution in [3.8, 4) is 0 Å². The van der Waals surface area contributed by atoms with Crippen molar-refractivity contribution in [1.29, 1.82) is 0 Å². The first kappa shape index (κ1) is 12.8. The molecule has 5 nitrogen and oxygen atoms in total. The van der Waals surface area contributed by atoms with Crippen molar-refractivity contribution < 1.29 is 9.90 Å². The second kappa shape index (κ2) is 5.35. The van der Waals surface area contributed by atoms with Gasteiger partial charge in [-0.1, -0.05) is 6.07 Å². The third-order valence-corrected chi connectivity index (χ3v) is 3.35. The summed E-state index contributed by atoms with van der Waals surface area (Å²) in [6.07, 6.45) is 3.01. The molecule has 1 aromatic heterocycles. The van der Waals surface area contributed by atoms with Crippen LogP contribution in [0, 0.1) is 0 Å². The highest BCUT2D eigenvalue weighted by Gasteiger charge is 2.30. The van der Waals surface area contributed by atoms with E-state index < -0.39 is 6.10 Å². The van der Waals surface area contributed by atoms with Crippen molar-refractivity contribution in [2.75, 3.05) is 18.5 Å². The SMILES string of the molecule is CNC(=O)C1CCCN1c1ccc([C@H](C)O)cn1. The van der Waals surface area contributed by atoms with Crippen LogP contribution in [-0.4, -0.2) is 35.6 Å². The Morgan fingerprint density at radius 1 is 1.61 bits per heavy atom. The third kappa shape index (κ3) is 2.46. The summed E-state index contributed by atoms with van der Waals surface area (Å²) in [6, 6.07) is 3.59. The molecule has 2 atom stereocenters. The topological polar surface area (TPSA) is 65.5 Å². The summed E-state index contributed by atoms with van der Waals surface area (Å²) in [5.74, 6) is 0.833. The number of carbonyl (C=O) groups excluding carboxylic acids is 1. The predicted octanol–water partition coefficient (Wildman–Crippen LogP) is 0.850. The van der Waals surface area contributed by atoms with Crippen molar-refractivity contribution in [3.63, 3.8) is 0 Å². The number of amides is 1. The van der Waals surface area contributed by atoms with Crippen LogP contribution in [-0.2, 0) is 4.79 Å². The summed E-state index contributed by atoms with van der Waals surface area (Å²) >= 11 is 0. The molecule has 1 aliphatic rings. The lowest BCUT2D eigenvalue weighted by molar-refractivity contribution is -0.121. The normalized spacial score (nSPS) is 20.8. The van der Waals surface area contributed by atoms with Crippen LogP contribution in [0.1, 0.15) is 31.4 Å². The number of hydrogen-bond acceptors (Lipinski definition) is 4. The quantitative estimate of drug-likeness (QED) is 0.833. The van der Waals surface area contributed by atoms with E-state index in [2.05, 4.69) is 10.3 Å². The molecule has 0 radical (unpaired) electrons. The van der Waals surface area contributed by atoms with Gasteiger partial charge in [-0.25, -0.2) is 4.98 Å². The minimum Gasteiger partial charge on any atom is -0.389 e. The predicted molar refractivity (Wildman–Crippen MR) is 69.3 cm³/mol. The fourth-order valence-corrected chi connectivity index (χ4v) is 2.29. The first-order chi connectivity index (χ1) is 8.63. The highest BCUT2D eigenvalue weighted by Crippen LogP contribution is 2.24. The first-order valence-corrected chi connectivity index (χ1v) is 6.25. The van der Waals surface area contributed by atoms with Gasteiger partial charge in [0.2, 0.25) is 5.91 Å². The van der Waals surface area contributed by atoms with Gasteiger partial charge in [0.15, 0.2) is 0 Å². The van der Waals surface area contributed by atoms with Crippen LogP contribution in [0.5, 0.6) is 0 Å². The van der Waals surface area contributed by atoms with Crippen molar-refractivity contribution >= 4 is 11.7 Å². The van der Waals surface area contributed by atoms with E-state index in [1.165, 1.54) is 0 Å². The number of hydrogen-bond donors (Lipinski definition) is 2. The molecule has 1 fully saturated rings. The molecule has 0 aliphatic carbocycles. The molecule has 1 aliphatic heterocycles. The van der Waals surface area contributed by atoms with Gasteiger partial charge in [0.1, 0.15) is 11.9 Å². The molecule has 0 aromatic carbocycles. The zero-order valence-corrected chi connectivity index (χ0v) is 10.8. The first-order valence-electron chi connectivity index (χ1n) is 6.25. The molecule has 1 aromatic rings. The minimum atomic E-state index is -0.514. The zero-order chi connectivity index (χ0) is 13.1. The van der Waals surface area contributed by atoms with Gasteiger partial charge in [0.05, 0.1) is 6.10 Å². The summed E-state index contributed by atoms with van der Waals surface area (Å²) in [5, 5.41) is 12.1. The van der Waals surface area contributed by atoms with Gasteiger partial charge in [-0.3, -0.25) is 4.79 Å². The molecule has 2 heterocycles. The number of nitrogens with zero attached hydrogens (tertiary/aromatic N) is 2. The molecule has 0 bridgehead atoms. The highest BCUT2D eigenvalue weighted by atomic mass is 16.3. The number of anilines is 1. The van der Waals surface area contributed by atoms with Crippen LogP contribution in [0.4, 0.5) is 5.82 Å². The molecule has 1 amide bonds. The van der Waals surface area contributed by atoms with E-state index in [4.69, 9.17) is 0 Å². The van der Waals surface area contributed by atoms with Crippen LogP contribution in [0.3, 0.4) is 0 Å². The van der Waals surface area contributed by atoms with Gasteiger partial charge in [-0.05, 0) is 31.4 Å². The molecule has 18 heavy (non-hydrogen) atoms. The minimum absolute atomic E-state index is 0.0360. The number of likely N-dealkylation sites (N-methyl/N-ethyl adjacent to an activating group) is 1. The lowest BCUT2D eigenvalue weighted by Crippen LogP contribution is -2.42. The fraction of sp³-hybridized carbons (Fsp3) is 0.538. The smallest absolute Gasteiger partial charge is 0.242 e. The van der Waals surface area contributed by atoms with Gasteiger partial charge < -0.3 is 15.3 Å². The molecule has 2 rings (SSSR count). The lowest BCUT2D eigenvalue weighted by atomic mass is 10.2. The van der Waals surface area contributed by atoms with E-state index in [0.717, 1.165) is 30.8 Å². The van der Waals surface area contributed by atoms with Crippen LogP contribution in [0.15, 0.2) is 18.3 Å². The lowest BCUT2D eigenvalue weighted by Gasteiger charge is -2.24. The van der Waals surface area contributed by atoms with Gasteiger partial charge in [0.25, 0.3) is 0 Å². The Hall–Kier alpha value is -1.62. The van der Waals surface area contributed by atoms with Crippen LogP contribution in [0.25, 0.3) is 0 Å². The van der Waals surface area contributed by atoms with E-state index in [1.54, 1.807) is 20.2 Å². The second-order valence-electron chi connectivity index (χ2n) is 4.59. The van der Waals surface area contributed by atoms with Crippen molar-refractivity contribution in [2.24, 2.45) is 0 Å². The maximum atomic E-state index is 11.8. The third-order valence-electron chi connectivity index (χ3n) is 3.35. The van der Waals surface area contributed by atoms with E-state index in [1.807, 2.05) is 17.0 Å². The largest absolute Gasteiger partial charge is 0.389 e. The van der Waals surface area contributed by atoms with E-state index >= 15 is 0 Å². The average molecular weight is 249 g/mol. The summed E-state index contributed by atoms with van der Waals surface area (Å²) in [5.41, 5.74) is 0.787. The van der Waals surface area contributed by atoms with E-state index in [-0.39, 0.29) is 11.9 Å². The summed E-state index contributed by atoms with van der Waals surface area (Å²) in [6.45, 7) is 2.55. The molecule has 2 N–H and O–H groups in total. The van der Waals surface area contributed by atoms with Crippen molar-refractivity contribution in [2.45, 2.75) is 31.9 Å². The number of carbonyl (C=O) groups is 1. The Morgan fingerprint density at radius 2 is 2.39 bits per heavy atom. The molecule has 0 saturated carbocycles. The summed E-state index contributed by atoms with van der Waals surface area (Å²) in [7, 11) is 1.66. The molecule has 1 saturated heterocycles. The Balaban J connectivity index is 2.17. The fourth-order valence-electron chi connectivity index (χ4n) is 2.29. The molecular formula is C13H19N3O2. The van der Waals surface area contributed by atoms with Crippen molar-refractivity contribution in [1.82, 2.24) is 10.3 Å². The van der Waals surface area contributed by atoms with Crippen molar-refractivity contribution in [3.05, 3.63) is 23.9 Å². The Kier molecular flexibility index (Phi) is 3.81. The summed E-state index contributed by atoms with van der Waals surface area (Å²) in [4.78, 5) is 18.1. The molecule has 0 spiro atoms. The molecular weight excluding hydrogens is 230 g/mol. The number of aliphatic hydroxyl groups is 1. The number of aliphatic hydroxyl groups excluding tert-OH is 1. The zero-order valence-electron chi connectivity index (χ0n) is 10.8. The number of pyridine rings is 1. The average Bonchev–Trinajstić information content (AvgIpc) is 2.87. The monoisotopic (exact) mass is 249 g/mol. The number of aromatic nitrogens is 1. The molecule has 5 heteroatoms. The Morgan fingerprint density at radius 3 is 2.94 bits per heavy atom. The molecule has 98 valence electrons. The number of rotatable bonds is 3. The summed E-state index contributed by atoms with van der Waals surface area (Å²) < 4.78 is 0. The van der Waals surface area contributed by atoms with Crippen LogP contribution in [0.2, 0.25) is 0 Å². The van der Waals surface area contributed by atoms with Gasteiger partial charge in [0, 0.05) is 19.8 Å². The van der Waals surface area contributed by atoms with Gasteiger partial charge in [-0.15, -0.1) is 0 Å². The van der Waals surface area contributed by atoms with E-state index in [9.17, 15) is 9.90 Å². The maximum absolute atomic E-state index is 11.8. The maximum Gasteiger partial charge on any atom is 0.242 e. The Bertz CT molecular complexity index is 417. The van der Waals surface area contributed by atoms with E-state index in [0.29, 0.717) is 0 Å². The highest BCUT2D eigenvalue weighted by molar-refractivity contribution is 5.85. The van der Waals surface area contributed by atoms with Gasteiger partial charge in [-0.2, -0.15) is 0 Å². The van der Waals surface area contributed by atoms with Gasteiger partial charge >= 0.3 is 0 Å². The molecule has 1 unspecified atom stereocenters. The standard InChI is InChI=1S/C13H19N3O2/c1-9(17)10-5-6-12(15-8-10)16-7-3-4-11(16)13(18)14-2/h5-6,8-9,11,17H,3-4,7H2,1-2H3,(H,14,18)/t9-,11?/m0/s1.